The molecule has 0 fully saturated rings. The van der Waals surface area contributed by atoms with Crippen LogP contribution in [0.2, 0.25) is 0 Å². The van der Waals surface area contributed by atoms with Gasteiger partial charge in [0.05, 0.1) is 19.6 Å². The topological polar surface area (TPSA) is 52.8 Å². The molecule has 0 saturated heterocycles. The fraction of sp³-hybridized carbons (Fsp3) is 0.286. The van der Waals surface area contributed by atoms with Crippen LogP contribution in [0.1, 0.15) is 0 Å². The number of methoxy groups -OCH3 is 1. The number of ether oxygens (including phenoxy) is 1. The highest BCUT2D eigenvalue weighted by Crippen LogP contribution is 2.10. The average Bonchev–Trinajstić information content (AvgIpc) is 2.47. The molecule has 0 atom stereocenters. The highest BCUT2D eigenvalue weighted by Gasteiger charge is 2.02. The van der Waals surface area contributed by atoms with Gasteiger partial charge in [-0.2, -0.15) is 4.98 Å². The zero-order valence-electron chi connectivity index (χ0n) is 6.85. The standard InChI is InChI=1S/C7H8N4O/c1-11-4-9-5-3-8-7(12-2)10-6(5)11/h3-4H,1-2H3. The normalized spacial score (nSPS) is 10.5. The third kappa shape index (κ3) is 0.903. The van der Waals surface area contributed by atoms with Gasteiger partial charge in [-0.25, -0.2) is 9.97 Å². The van der Waals surface area contributed by atoms with E-state index in [1.54, 1.807) is 12.5 Å². The molecule has 0 bridgehead atoms. The molecule has 0 aliphatic carbocycles. The van der Waals surface area contributed by atoms with Crippen LogP contribution in [0.15, 0.2) is 12.5 Å². The summed E-state index contributed by atoms with van der Waals surface area (Å²) < 4.78 is 6.70. The molecule has 5 heteroatoms. The zero-order chi connectivity index (χ0) is 8.55. The van der Waals surface area contributed by atoms with Crippen molar-refractivity contribution in [3.8, 4) is 6.01 Å². The number of hydrogen-bond donors (Lipinski definition) is 0. The Morgan fingerprint density at radius 2 is 2.25 bits per heavy atom. The predicted molar refractivity (Wildman–Crippen MR) is 42.9 cm³/mol. The van der Waals surface area contributed by atoms with Gasteiger partial charge in [0.2, 0.25) is 0 Å². The summed E-state index contributed by atoms with van der Waals surface area (Å²) in [5.74, 6) is 0. The van der Waals surface area contributed by atoms with Crippen molar-refractivity contribution in [1.29, 1.82) is 0 Å². The minimum atomic E-state index is 0.367. The fourth-order valence-electron chi connectivity index (χ4n) is 1.00. The van der Waals surface area contributed by atoms with E-state index >= 15 is 0 Å². The van der Waals surface area contributed by atoms with Crippen LogP contribution in [0.5, 0.6) is 6.01 Å². The van der Waals surface area contributed by atoms with Crippen molar-refractivity contribution < 1.29 is 4.74 Å². The van der Waals surface area contributed by atoms with E-state index in [1.165, 1.54) is 7.11 Å². The smallest absolute Gasteiger partial charge is 0.318 e. The first kappa shape index (κ1) is 7.02. The van der Waals surface area contributed by atoms with Crippen LogP contribution in [-0.4, -0.2) is 26.6 Å². The van der Waals surface area contributed by atoms with Gasteiger partial charge in [-0.15, -0.1) is 0 Å². The van der Waals surface area contributed by atoms with Crippen LogP contribution in [0, 0.1) is 0 Å². The first-order valence-electron chi connectivity index (χ1n) is 3.49. The van der Waals surface area contributed by atoms with E-state index < -0.39 is 0 Å². The van der Waals surface area contributed by atoms with E-state index in [1.807, 2.05) is 11.6 Å². The number of fused-ring (bicyclic) bond motifs is 1. The van der Waals surface area contributed by atoms with E-state index in [-0.39, 0.29) is 0 Å². The maximum absolute atomic E-state index is 4.88. The number of rotatable bonds is 1. The first-order valence-corrected chi connectivity index (χ1v) is 3.49. The third-order valence-electron chi connectivity index (χ3n) is 1.61. The minimum Gasteiger partial charge on any atom is -0.467 e. The van der Waals surface area contributed by atoms with Gasteiger partial charge in [-0.05, 0) is 0 Å². The molecule has 2 rings (SSSR count). The number of aryl methyl sites for hydroxylation is 1. The lowest BCUT2D eigenvalue weighted by atomic mass is 10.6. The monoisotopic (exact) mass is 164 g/mol. The molecule has 0 N–H and O–H groups in total. The number of nitrogens with zero attached hydrogens (tertiary/aromatic N) is 4. The molecule has 0 radical (unpaired) electrons. The molecule has 0 saturated carbocycles. The van der Waals surface area contributed by atoms with Gasteiger partial charge in [0.25, 0.3) is 0 Å². The second kappa shape index (κ2) is 2.44. The lowest BCUT2D eigenvalue weighted by Crippen LogP contribution is -1.94. The van der Waals surface area contributed by atoms with Crippen molar-refractivity contribution in [3.05, 3.63) is 12.5 Å². The van der Waals surface area contributed by atoms with Crippen LogP contribution in [0.3, 0.4) is 0 Å². The van der Waals surface area contributed by atoms with E-state index in [4.69, 9.17) is 4.74 Å². The first-order chi connectivity index (χ1) is 5.81. The van der Waals surface area contributed by atoms with Gasteiger partial charge >= 0.3 is 6.01 Å². The van der Waals surface area contributed by atoms with E-state index in [2.05, 4.69) is 15.0 Å². The molecular weight excluding hydrogens is 156 g/mol. The lowest BCUT2D eigenvalue weighted by molar-refractivity contribution is 0.381. The summed E-state index contributed by atoms with van der Waals surface area (Å²) in [6.45, 7) is 0. The summed E-state index contributed by atoms with van der Waals surface area (Å²) in [5, 5.41) is 0. The molecule has 0 amide bonds. The Morgan fingerprint density at radius 3 is 3.00 bits per heavy atom. The predicted octanol–water partition coefficient (Wildman–Crippen LogP) is 0.372. The highest BCUT2D eigenvalue weighted by molar-refractivity contribution is 5.69. The molecule has 2 aromatic rings. The molecule has 0 aromatic carbocycles. The van der Waals surface area contributed by atoms with Crippen LogP contribution in [-0.2, 0) is 7.05 Å². The van der Waals surface area contributed by atoms with Crippen molar-refractivity contribution in [1.82, 2.24) is 19.5 Å². The molecular formula is C7H8N4O. The van der Waals surface area contributed by atoms with Crippen LogP contribution in [0.25, 0.3) is 11.2 Å². The van der Waals surface area contributed by atoms with E-state index in [9.17, 15) is 0 Å². The Morgan fingerprint density at radius 1 is 1.42 bits per heavy atom. The van der Waals surface area contributed by atoms with Crippen LogP contribution in [0.4, 0.5) is 0 Å². The van der Waals surface area contributed by atoms with Crippen LogP contribution >= 0.6 is 0 Å². The summed E-state index contributed by atoms with van der Waals surface area (Å²) in [5.41, 5.74) is 1.56. The molecule has 0 unspecified atom stereocenters. The molecule has 5 nitrogen and oxygen atoms in total. The van der Waals surface area contributed by atoms with Crippen molar-refractivity contribution in [2.24, 2.45) is 7.05 Å². The molecule has 12 heavy (non-hydrogen) atoms. The average molecular weight is 164 g/mol. The van der Waals surface area contributed by atoms with Gasteiger partial charge in [-0.1, -0.05) is 0 Å². The fourth-order valence-corrected chi connectivity index (χ4v) is 1.00. The molecule has 2 aromatic heterocycles. The largest absolute Gasteiger partial charge is 0.467 e. The van der Waals surface area contributed by atoms with E-state index in [0.717, 1.165) is 11.2 Å². The maximum atomic E-state index is 4.88. The summed E-state index contributed by atoms with van der Waals surface area (Å²) in [6, 6.07) is 0.367. The van der Waals surface area contributed by atoms with Crippen molar-refractivity contribution in [2.45, 2.75) is 0 Å². The second-order valence-corrected chi connectivity index (χ2v) is 2.42. The second-order valence-electron chi connectivity index (χ2n) is 2.42. The maximum Gasteiger partial charge on any atom is 0.318 e. The van der Waals surface area contributed by atoms with Crippen LogP contribution < -0.4 is 4.74 Å². The van der Waals surface area contributed by atoms with Gasteiger partial charge < -0.3 is 9.30 Å². The van der Waals surface area contributed by atoms with Gasteiger partial charge in [0.1, 0.15) is 5.52 Å². The van der Waals surface area contributed by atoms with Crippen molar-refractivity contribution in [2.75, 3.05) is 7.11 Å². The Balaban J connectivity index is 2.71. The van der Waals surface area contributed by atoms with Crippen molar-refractivity contribution in [3.63, 3.8) is 0 Å². The SMILES string of the molecule is COc1ncc2ncn(C)c2n1. The lowest BCUT2D eigenvalue weighted by Gasteiger charge is -1.96. The Labute approximate surface area is 69.0 Å². The molecule has 62 valence electrons. The Bertz CT molecular complexity index is 409. The van der Waals surface area contributed by atoms with Gasteiger partial charge in [-0.3, -0.25) is 0 Å². The molecule has 0 aliphatic rings. The third-order valence-corrected chi connectivity index (χ3v) is 1.61. The highest BCUT2D eigenvalue weighted by atomic mass is 16.5. The summed E-state index contributed by atoms with van der Waals surface area (Å²) >= 11 is 0. The molecule has 0 spiro atoms. The Kier molecular flexibility index (Phi) is 1.43. The van der Waals surface area contributed by atoms with Gasteiger partial charge in [0.15, 0.2) is 5.65 Å². The van der Waals surface area contributed by atoms with E-state index in [0.29, 0.717) is 6.01 Å². The quantitative estimate of drug-likeness (QED) is 0.611. The summed E-state index contributed by atoms with van der Waals surface area (Å²) in [7, 11) is 3.42. The zero-order valence-corrected chi connectivity index (χ0v) is 6.85. The van der Waals surface area contributed by atoms with Crippen molar-refractivity contribution >= 4 is 11.2 Å². The number of imidazole rings is 1. The minimum absolute atomic E-state index is 0.367. The summed E-state index contributed by atoms with van der Waals surface area (Å²) in [6.07, 6.45) is 3.33. The van der Waals surface area contributed by atoms with Gasteiger partial charge in [0, 0.05) is 7.05 Å². The molecule has 0 aliphatic heterocycles. The molecule has 2 heterocycles. The summed E-state index contributed by atoms with van der Waals surface area (Å²) in [4.78, 5) is 12.1. The number of aromatic nitrogens is 4. The number of hydrogen-bond acceptors (Lipinski definition) is 4. The Hall–Kier alpha value is -1.65.